The summed E-state index contributed by atoms with van der Waals surface area (Å²) in [7, 11) is 1.63. The lowest BCUT2D eigenvalue weighted by molar-refractivity contribution is -0.141. The highest BCUT2D eigenvalue weighted by molar-refractivity contribution is 5.86. The van der Waals surface area contributed by atoms with Crippen LogP contribution in [0.25, 0.3) is 0 Å². The summed E-state index contributed by atoms with van der Waals surface area (Å²) in [6.45, 7) is 2.78. The third-order valence-electron chi connectivity index (χ3n) is 3.77. The van der Waals surface area contributed by atoms with E-state index >= 15 is 0 Å². The van der Waals surface area contributed by atoms with Crippen molar-refractivity contribution in [3.63, 3.8) is 0 Å². The highest BCUT2D eigenvalue weighted by atomic mass is 16.5. The first kappa shape index (κ1) is 14.1. The van der Waals surface area contributed by atoms with Crippen LogP contribution in [0.3, 0.4) is 0 Å². The molecule has 1 aliphatic carbocycles. The van der Waals surface area contributed by atoms with Crippen LogP contribution in [0.1, 0.15) is 19.3 Å². The van der Waals surface area contributed by atoms with Crippen LogP contribution in [0, 0.1) is 5.92 Å². The second-order valence-corrected chi connectivity index (χ2v) is 5.13. The Morgan fingerprint density at radius 2 is 2.11 bits per heavy atom. The molecule has 0 spiro atoms. The number of carbonyl (C=O) groups excluding carboxylic acids is 2. The Kier molecular flexibility index (Phi) is 4.96. The van der Waals surface area contributed by atoms with Crippen LogP contribution in [0.15, 0.2) is 12.2 Å². The number of carbonyl (C=O) groups is 2. The zero-order valence-corrected chi connectivity index (χ0v) is 11.5. The maximum absolute atomic E-state index is 12.3. The topological polar surface area (TPSA) is 49.9 Å². The fourth-order valence-electron chi connectivity index (χ4n) is 2.62. The summed E-state index contributed by atoms with van der Waals surface area (Å²) in [6.07, 6.45) is 6.58. The molecule has 0 saturated carbocycles. The minimum Gasteiger partial charge on any atom is -0.383 e. The van der Waals surface area contributed by atoms with E-state index in [-0.39, 0.29) is 24.3 Å². The number of methoxy groups -OCH3 is 1. The smallest absolute Gasteiger partial charge is 0.242 e. The molecule has 0 bridgehead atoms. The Bertz CT molecular complexity index is 360. The zero-order chi connectivity index (χ0) is 13.7. The van der Waals surface area contributed by atoms with Crippen molar-refractivity contribution in [1.82, 2.24) is 9.80 Å². The lowest BCUT2D eigenvalue weighted by Gasteiger charge is -2.23. The van der Waals surface area contributed by atoms with E-state index in [4.69, 9.17) is 4.74 Å². The van der Waals surface area contributed by atoms with E-state index in [0.717, 1.165) is 25.8 Å². The van der Waals surface area contributed by atoms with Crippen LogP contribution in [-0.2, 0) is 14.3 Å². The molecular weight excluding hydrogens is 244 g/mol. The maximum Gasteiger partial charge on any atom is 0.242 e. The summed E-state index contributed by atoms with van der Waals surface area (Å²) in [6, 6.07) is 0. The fourth-order valence-corrected chi connectivity index (χ4v) is 2.62. The number of rotatable bonds is 4. The predicted octanol–water partition coefficient (Wildman–Crippen LogP) is 0.660. The van der Waals surface area contributed by atoms with E-state index in [1.165, 1.54) is 0 Å². The summed E-state index contributed by atoms with van der Waals surface area (Å²) in [5, 5.41) is 0. The Morgan fingerprint density at radius 1 is 1.37 bits per heavy atom. The van der Waals surface area contributed by atoms with Crippen molar-refractivity contribution in [3.05, 3.63) is 12.2 Å². The van der Waals surface area contributed by atoms with E-state index in [0.29, 0.717) is 19.7 Å². The van der Waals surface area contributed by atoms with Crippen molar-refractivity contribution in [3.8, 4) is 0 Å². The SMILES string of the molecule is COCCN1CCCN(C(=O)C2CC=CC2)CC1=O. The first-order chi connectivity index (χ1) is 9.22. The first-order valence-corrected chi connectivity index (χ1v) is 6.93. The molecule has 2 rings (SSSR count). The van der Waals surface area contributed by atoms with Gasteiger partial charge in [-0.1, -0.05) is 12.2 Å². The molecular formula is C14H22N2O3. The number of allylic oxidation sites excluding steroid dienone is 2. The average molecular weight is 266 g/mol. The normalized spacial score (nSPS) is 21.0. The summed E-state index contributed by atoms with van der Waals surface area (Å²) < 4.78 is 5.01. The van der Waals surface area contributed by atoms with Crippen molar-refractivity contribution in [1.29, 1.82) is 0 Å². The second kappa shape index (κ2) is 6.70. The Hall–Kier alpha value is -1.36. The molecule has 0 radical (unpaired) electrons. The van der Waals surface area contributed by atoms with Crippen LogP contribution in [0.2, 0.25) is 0 Å². The van der Waals surface area contributed by atoms with Crippen molar-refractivity contribution >= 4 is 11.8 Å². The van der Waals surface area contributed by atoms with Crippen LogP contribution >= 0.6 is 0 Å². The summed E-state index contributed by atoms with van der Waals surface area (Å²) in [5.41, 5.74) is 0. The third kappa shape index (κ3) is 3.56. The number of hydrogen-bond donors (Lipinski definition) is 0. The van der Waals surface area contributed by atoms with Gasteiger partial charge in [0, 0.05) is 32.7 Å². The van der Waals surface area contributed by atoms with E-state index in [9.17, 15) is 9.59 Å². The summed E-state index contributed by atoms with van der Waals surface area (Å²) in [5.74, 6) is 0.221. The number of amides is 2. The van der Waals surface area contributed by atoms with Gasteiger partial charge in [0.25, 0.3) is 0 Å². The first-order valence-electron chi connectivity index (χ1n) is 6.93. The number of ether oxygens (including phenoxy) is 1. The van der Waals surface area contributed by atoms with Crippen molar-refractivity contribution in [2.75, 3.05) is 39.9 Å². The molecule has 0 N–H and O–H groups in total. The molecule has 0 atom stereocenters. The van der Waals surface area contributed by atoms with Gasteiger partial charge < -0.3 is 14.5 Å². The van der Waals surface area contributed by atoms with Crippen molar-refractivity contribution in [2.24, 2.45) is 5.92 Å². The Labute approximate surface area is 114 Å². The predicted molar refractivity (Wildman–Crippen MR) is 71.5 cm³/mol. The summed E-state index contributed by atoms with van der Waals surface area (Å²) in [4.78, 5) is 27.9. The van der Waals surface area contributed by atoms with Gasteiger partial charge in [-0.15, -0.1) is 0 Å². The van der Waals surface area contributed by atoms with Gasteiger partial charge in [-0.25, -0.2) is 0 Å². The van der Waals surface area contributed by atoms with Crippen LogP contribution in [0.4, 0.5) is 0 Å². The summed E-state index contributed by atoms with van der Waals surface area (Å²) >= 11 is 0. The van der Waals surface area contributed by atoms with Gasteiger partial charge in [0.15, 0.2) is 0 Å². The van der Waals surface area contributed by atoms with E-state index in [2.05, 4.69) is 0 Å². The average Bonchev–Trinajstić information content (AvgIpc) is 2.87. The van der Waals surface area contributed by atoms with Gasteiger partial charge in [0.05, 0.1) is 13.2 Å². The molecule has 19 heavy (non-hydrogen) atoms. The standard InChI is InChI=1S/C14H22N2O3/c1-19-10-9-15-7-4-8-16(11-13(15)17)14(18)12-5-2-3-6-12/h2-3,12H,4-11H2,1H3. The van der Waals surface area contributed by atoms with Crippen LogP contribution in [0.5, 0.6) is 0 Å². The van der Waals surface area contributed by atoms with E-state index < -0.39 is 0 Å². The lowest BCUT2D eigenvalue weighted by Crippen LogP contribution is -2.42. The molecule has 0 aromatic rings. The molecule has 2 amide bonds. The van der Waals surface area contributed by atoms with Crippen molar-refractivity contribution in [2.45, 2.75) is 19.3 Å². The monoisotopic (exact) mass is 266 g/mol. The van der Waals surface area contributed by atoms with Gasteiger partial charge in [-0.05, 0) is 19.3 Å². The minimum atomic E-state index is 0.0360. The fraction of sp³-hybridized carbons (Fsp3) is 0.714. The molecule has 5 heteroatoms. The molecule has 0 unspecified atom stereocenters. The molecule has 1 fully saturated rings. The van der Waals surface area contributed by atoms with Gasteiger partial charge in [-0.3, -0.25) is 9.59 Å². The van der Waals surface area contributed by atoms with E-state index in [1.54, 1.807) is 16.9 Å². The molecule has 2 aliphatic rings. The molecule has 5 nitrogen and oxygen atoms in total. The molecule has 1 aliphatic heterocycles. The molecule has 1 heterocycles. The minimum absolute atomic E-state index is 0.0360. The molecule has 1 saturated heterocycles. The van der Waals surface area contributed by atoms with Crippen molar-refractivity contribution < 1.29 is 14.3 Å². The Morgan fingerprint density at radius 3 is 2.79 bits per heavy atom. The second-order valence-electron chi connectivity index (χ2n) is 5.13. The highest BCUT2D eigenvalue weighted by Crippen LogP contribution is 2.21. The van der Waals surface area contributed by atoms with Crippen LogP contribution < -0.4 is 0 Å². The molecule has 0 aromatic heterocycles. The van der Waals surface area contributed by atoms with Gasteiger partial charge in [0.2, 0.25) is 11.8 Å². The third-order valence-corrected chi connectivity index (χ3v) is 3.77. The number of nitrogens with zero attached hydrogens (tertiary/aromatic N) is 2. The highest BCUT2D eigenvalue weighted by Gasteiger charge is 2.29. The van der Waals surface area contributed by atoms with Gasteiger partial charge >= 0.3 is 0 Å². The molecule has 0 aromatic carbocycles. The number of hydrogen-bond acceptors (Lipinski definition) is 3. The lowest BCUT2D eigenvalue weighted by atomic mass is 10.1. The zero-order valence-electron chi connectivity index (χ0n) is 11.5. The van der Waals surface area contributed by atoms with Gasteiger partial charge in [0.1, 0.15) is 0 Å². The van der Waals surface area contributed by atoms with Gasteiger partial charge in [-0.2, -0.15) is 0 Å². The quantitative estimate of drug-likeness (QED) is 0.702. The van der Waals surface area contributed by atoms with E-state index in [1.807, 2.05) is 12.2 Å². The Balaban J connectivity index is 1.90. The largest absolute Gasteiger partial charge is 0.383 e. The molecule has 106 valence electrons. The van der Waals surface area contributed by atoms with Crippen LogP contribution in [-0.4, -0.2) is 61.5 Å². The maximum atomic E-state index is 12.3.